The number of halogens is 1. The number of likely N-dealkylation sites (N-methyl/N-ethyl adjacent to an activating group) is 1. The molecule has 1 aliphatic carbocycles. The van der Waals surface area contributed by atoms with E-state index in [1.807, 2.05) is 24.8 Å². The van der Waals surface area contributed by atoms with Crippen molar-refractivity contribution in [1.29, 1.82) is 0 Å². The fourth-order valence-corrected chi connectivity index (χ4v) is 2.14. The van der Waals surface area contributed by atoms with Crippen LogP contribution in [0.15, 0.2) is 18.2 Å². The van der Waals surface area contributed by atoms with E-state index in [0.29, 0.717) is 11.7 Å². The summed E-state index contributed by atoms with van der Waals surface area (Å²) in [5.74, 6) is -0.193. The Hall–Kier alpha value is -1.58. The average Bonchev–Trinajstić information content (AvgIpc) is 3.10. The van der Waals surface area contributed by atoms with Crippen molar-refractivity contribution in [2.45, 2.75) is 32.7 Å². The van der Waals surface area contributed by atoms with Crippen molar-refractivity contribution in [1.82, 2.24) is 4.90 Å². The third-order valence-electron chi connectivity index (χ3n) is 3.13. The second kappa shape index (κ2) is 5.38. The van der Waals surface area contributed by atoms with Crippen molar-refractivity contribution in [3.8, 4) is 0 Å². The van der Waals surface area contributed by atoms with Crippen molar-refractivity contribution < 1.29 is 9.18 Å². The number of nitrogens with one attached hydrogen (secondary N) is 1. The summed E-state index contributed by atoms with van der Waals surface area (Å²) in [4.78, 5) is 13.9. The SMILES string of the molecule is CCN(C(=O)CNc1cc(C)cc(F)c1)C1CC1. The molecule has 0 heterocycles. The molecule has 1 amide bonds. The van der Waals surface area contributed by atoms with Gasteiger partial charge in [0, 0.05) is 18.3 Å². The largest absolute Gasteiger partial charge is 0.376 e. The molecule has 0 spiro atoms. The number of aryl methyl sites for hydroxylation is 1. The predicted octanol–water partition coefficient (Wildman–Crippen LogP) is 2.56. The van der Waals surface area contributed by atoms with Crippen LogP contribution in [0.1, 0.15) is 25.3 Å². The minimum absolute atomic E-state index is 0.0851. The van der Waals surface area contributed by atoms with E-state index in [2.05, 4.69) is 5.32 Å². The van der Waals surface area contributed by atoms with Gasteiger partial charge in [0.1, 0.15) is 5.82 Å². The van der Waals surface area contributed by atoms with E-state index < -0.39 is 0 Å². The topological polar surface area (TPSA) is 32.3 Å². The van der Waals surface area contributed by atoms with Gasteiger partial charge in [0.2, 0.25) is 5.91 Å². The summed E-state index contributed by atoms with van der Waals surface area (Å²) in [6, 6.07) is 5.14. The van der Waals surface area contributed by atoms with Crippen LogP contribution in [-0.4, -0.2) is 29.9 Å². The minimum Gasteiger partial charge on any atom is -0.376 e. The van der Waals surface area contributed by atoms with Crippen LogP contribution >= 0.6 is 0 Å². The van der Waals surface area contributed by atoms with Crippen LogP contribution < -0.4 is 5.32 Å². The predicted molar refractivity (Wildman–Crippen MR) is 70.0 cm³/mol. The molecule has 1 fully saturated rings. The van der Waals surface area contributed by atoms with Gasteiger partial charge in [-0.15, -0.1) is 0 Å². The summed E-state index contributed by atoms with van der Waals surface area (Å²) >= 11 is 0. The maximum Gasteiger partial charge on any atom is 0.242 e. The summed E-state index contributed by atoms with van der Waals surface area (Å²) in [6.07, 6.45) is 2.22. The number of benzene rings is 1. The molecule has 0 bridgehead atoms. The van der Waals surface area contributed by atoms with Crippen LogP contribution in [0, 0.1) is 12.7 Å². The third-order valence-corrected chi connectivity index (χ3v) is 3.13. The van der Waals surface area contributed by atoms with E-state index in [9.17, 15) is 9.18 Å². The zero-order chi connectivity index (χ0) is 13.1. The average molecular weight is 250 g/mol. The van der Waals surface area contributed by atoms with E-state index in [1.54, 1.807) is 0 Å². The molecule has 98 valence electrons. The highest BCUT2D eigenvalue weighted by Crippen LogP contribution is 2.26. The van der Waals surface area contributed by atoms with Crippen molar-refractivity contribution in [2.75, 3.05) is 18.4 Å². The monoisotopic (exact) mass is 250 g/mol. The van der Waals surface area contributed by atoms with Crippen molar-refractivity contribution >= 4 is 11.6 Å². The summed E-state index contributed by atoms with van der Waals surface area (Å²) in [7, 11) is 0. The number of amides is 1. The van der Waals surface area contributed by atoms with Gasteiger partial charge in [-0.25, -0.2) is 4.39 Å². The van der Waals surface area contributed by atoms with E-state index in [4.69, 9.17) is 0 Å². The maximum atomic E-state index is 13.2. The Morgan fingerprint density at radius 3 is 2.72 bits per heavy atom. The van der Waals surface area contributed by atoms with E-state index in [1.165, 1.54) is 12.1 Å². The van der Waals surface area contributed by atoms with Crippen LogP contribution in [0.4, 0.5) is 10.1 Å². The Balaban J connectivity index is 1.92. The highest BCUT2D eigenvalue weighted by molar-refractivity contribution is 5.81. The van der Waals surface area contributed by atoms with Crippen LogP contribution in [0.3, 0.4) is 0 Å². The molecule has 0 unspecified atom stereocenters. The molecule has 0 aromatic heterocycles. The molecule has 18 heavy (non-hydrogen) atoms. The molecule has 1 aromatic rings. The first kappa shape index (κ1) is 12.9. The zero-order valence-corrected chi connectivity index (χ0v) is 10.9. The first-order valence-corrected chi connectivity index (χ1v) is 6.40. The van der Waals surface area contributed by atoms with Crippen LogP contribution in [0.2, 0.25) is 0 Å². The summed E-state index contributed by atoms with van der Waals surface area (Å²) in [6.45, 7) is 4.79. The lowest BCUT2D eigenvalue weighted by Crippen LogP contribution is -2.37. The third kappa shape index (κ3) is 3.22. The van der Waals surface area contributed by atoms with Crippen LogP contribution in [-0.2, 0) is 4.79 Å². The van der Waals surface area contributed by atoms with Crippen molar-refractivity contribution in [2.24, 2.45) is 0 Å². The second-order valence-electron chi connectivity index (χ2n) is 4.78. The fraction of sp³-hybridized carbons (Fsp3) is 0.500. The Labute approximate surface area is 107 Å². The Kier molecular flexibility index (Phi) is 3.84. The molecular formula is C14H19FN2O. The van der Waals surface area contributed by atoms with Gasteiger partial charge in [0.15, 0.2) is 0 Å². The van der Waals surface area contributed by atoms with Gasteiger partial charge in [-0.3, -0.25) is 4.79 Å². The molecule has 0 aliphatic heterocycles. The number of rotatable bonds is 5. The van der Waals surface area contributed by atoms with E-state index in [0.717, 1.165) is 24.9 Å². The zero-order valence-electron chi connectivity index (χ0n) is 10.9. The van der Waals surface area contributed by atoms with Gasteiger partial charge in [-0.05, 0) is 50.5 Å². The first-order chi connectivity index (χ1) is 8.60. The number of anilines is 1. The van der Waals surface area contributed by atoms with Crippen molar-refractivity contribution in [3.63, 3.8) is 0 Å². The van der Waals surface area contributed by atoms with Gasteiger partial charge in [-0.2, -0.15) is 0 Å². The summed E-state index contributed by atoms with van der Waals surface area (Å²) in [5, 5.41) is 2.99. The number of hydrogen-bond donors (Lipinski definition) is 1. The molecule has 3 nitrogen and oxygen atoms in total. The molecule has 0 radical (unpaired) electrons. The van der Waals surface area contributed by atoms with E-state index >= 15 is 0 Å². The molecule has 1 aromatic carbocycles. The number of carbonyl (C=O) groups excluding carboxylic acids is 1. The lowest BCUT2D eigenvalue weighted by atomic mass is 10.2. The number of carbonyl (C=O) groups is 1. The molecule has 4 heteroatoms. The standard InChI is InChI=1S/C14H19FN2O/c1-3-17(13-4-5-13)14(18)9-16-12-7-10(2)6-11(15)8-12/h6-8,13,16H,3-5,9H2,1-2H3. The smallest absolute Gasteiger partial charge is 0.242 e. The van der Waals surface area contributed by atoms with Gasteiger partial charge in [0.05, 0.1) is 6.54 Å². The molecule has 0 atom stereocenters. The van der Waals surface area contributed by atoms with E-state index in [-0.39, 0.29) is 18.3 Å². The molecule has 0 saturated heterocycles. The van der Waals surface area contributed by atoms with Crippen LogP contribution in [0.25, 0.3) is 0 Å². The van der Waals surface area contributed by atoms with Gasteiger partial charge in [-0.1, -0.05) is 0 Å². The summed E-state index contributed by atoms with van der Waals surface area (Å²) in [5.41, 5.74) is 1.51. The summed E-state index contributed by atoms with van der Waals surface area (Å²) < 4.78 is 13.2. The first-order valence-electron chi connectivity index (χ1n) is 6.40. The maximum absolute atomic E-state index is 13.2. The number of nitrogens with zero attached hydrogens (tertiary/aromatic N) is 1. The van der Waals surface area contributed by atoms with Gasteiger partial charge >= 0.3 is 0 Å². The molecular weight excluding hydrogens is 231 g/mol. The second-order valence-corrected chi connectivity index (χ2v) is 4.78. The lowest BCUT2D eigenvalue weighted by Gasteiger charge is -2.20. The van der Waals surface area contributed by atoms with Gasteiger partial charge in [0.25, 0.3) is 0 Å². The Bertz CT molecular complexity index is 423. The lowest BCUT2D eigenvalue weighted by molar-refractivity contribution is -0.129. The molecule has 2 rings (SSSR count). The number of hydrogen-bond acceptors (Lipinski definition) is 2. The van der Waals surface area contributed by atoms with Gasteiger partial charge < -0.3 is 10.2 Å². The normalized spacial score (nSPS) is 14.4. The minimum atomic E-state index is -0.278. The molecule has 1 N–H and O–H groups in total. The highest BCUT2D eigenvalue weighted by atomic mass is 19.1. The van der Waals surface area contributed by atoms with Crippen molar-refractivity contribution in [3.05, 3.63) is 29.6 Å². The Morgan fingerprint density at radius 1 is 1.44 bits per heavy atom. The molecule has 1 aliphatic rings. The molecule has 1 saturated carbocycles. The fourth-order valence-electron chi connectivity index (χ4n) is 2.14. The highest BCUT2D eigenvalue weighted by Gasteiger charge is 2.30. The van der Waals surface area contributed by atoms with Crippen LogP contribution in [0.5, 0.6) is 0 Å². The quantitative estimate of drug-likeness (QED) is 0.871. The Morgan fingerprint density at radius 2 is 2.17 bits per heavy atom.